The van der Waals surface area contributed by atoms with Crippen LogP contribution in [0.4, 0.5) is 4.39 Å². The molecule has 0 radical (unpaired) electrons. The summed E-state index contributed by atoms with van der Waals surface area (Å²) in [5, 5.41) is 17.0. The van der Waals surface area contributed by atoms with Crippen LogP contribution in [0.1, 0.15) is 16.4 Å². The van der Waals surface area contributed by atoms with E-state index in [-0.39, 0.29) is 11.7 Å². The number of halogens is 1. The van der Waals surface area contributed by atoms with Gasteiger partial charge in [0.05, 0.1) is 6.54 Å². The van der Waals surface area contributed by atoms with Crippen LogP contribution in [0.2, 0.25) is 0 Å². The molecule has 1 saturated heterocycles. The number of nitrogens with zero attached hydrogens (tertiary/aromatic N) is 4. The van der Waals surface area contributed by atoms with Gasteiger partial charge in [0.2, 0.25) is 0 Å². The summed E-state index contributed by atoms with van der Waals surface area (Å²) >= 11 is 1.18. The van der Waals surface area contributed by atoms with E-state index >= 15 is 0 Å². The number of aryl methyl sites for hydroxylation is 1. The third-order valence-corrected chi connectivity index (χ3v) is 4.47. The van der Waals surface area contributed by atoms with Gasteiger partial charge in [-0.15, -0.1) is 0 Å². The predicted molar refractivity (Wildman–Crippen MR) is 87.6 cm³/mol. The molecular weight excluding hydrogens is 315 g/mol. The predicted octanol–water partition coefficient (Wildman–Crippen LogP) is 2.11. The molecular formula is C15H17FN6S. The van der Waals surface area contributed by atoms with Crippen LogP contribution in [0, 0.1) is 23.6 Å². The van der Waals surface area contributed by atoms with Gasteiger partial charge >= 0.3 is 0 Å². The molecule has 0 bridgehead atoms. The third kappa shape index (κ3) is 3.59. The molecule has 2 heterocycles. The summed E-state index contributed by atoms with van der Waals surface area (Å²) in [5.41, 5.74) is 1.02. The highest BCUT2D eigenvalue weighted by molar-refractivity contribution is 7.07. The zero-order valence-electron chi connectivity index (χ0n) is 12.7. The minimum atomic E-state index is -0.243. The van der Waals surface area contributed by atoms with E-state index in [9.17, 15) is 4.39 Å². The fraction of sp³-hybridized carbons (Fsp3) is 0.333. The van der Waals surface area contributed by atoms with Gasteiger partial charge in [0.1, 0.15) is 17.5 Å². The van der Waals surface area contributed by atoms with Crippen LogP contribution in [-0.2, 0) is 6.54 Å². The maximum atomic E-state index is 12.9. The molecule has 0 amide bonds. The van der Waals surface area contributed by atoms with Gasteiger partial charge in [-0.2, -0.15) is 4.37 Å². The summed E-state index contributed by atoms with van der Waals surface area (Å²) < 4.78 is 17.0. The van der Waals surface area contributed by atoms with E-state index in [4.69, 9.17) is 10.8 Å². The molecule has 1 aromatic carbocycles. The zero-order valence-corrected chi connectivity index (χ0v) is 13.5. The van der Waals surface area contributed by atoms with Crippen molar-refractivity contribution in [1.29, 1.82) is 10.8 Å². The summed E-state index contributed by atoms with van der Waals surface area (Å²) in [6, 6.07) is 6.42. The zero-order chi connectivity index (χ0) is 16.4. The number of piperazine rings is 1. The highest BCUT2D eigenvalue weighted by Crippen LogP contribution is 2.14. The van der Waals surface area contributed by atoms with Gasteiger partial charge in [0.15, 0.2) is 10.8 Å². The van der Waals surface area contributed by atoms with Gasteiger partial charge in [-0.1, -0.05) is 12.1 Å². The van der Waals surface area contributed by atoms with E-state index in [2.05, 4.69) is 14.3 Å². The minimum absolute atomic E-state index is 0.238. The van der Waals surface area contributed by atoms with Gasteiger partial charge in [-0.05, 0) is 36.2 Å². The maximum Gasteiger partial charge on any atom is 0.178 e. The van der Waals surface area contributed by atoms with Crippen molar-refractivity contribution < 1.29 is 4.39 Å². The van der Waals surface area contributed by atoms with Crippen molar-refractivity contribution in [3.63, 3.8) is 0 Å². The lowest BCUT2D eigenvalue weighted by atomic mass is 10.2. The molecule has 0 unspecified atom stereocenters. The number of nitrogens with one attached hydrogen (secondary N) is 2. The molecule has 0 spiro atoms. The molecule has 2 N–H and O–H groups in total. The molecule has 6 nitrogen and oxygen atoms in total. The van der Waals surface area contributed by atoms with Crippen molar-refractivity contribution in [2.75, 3.05) is 19.6 Å². The molecule has 8 heteroatoms. The van der Waals surface area contributed by atoms with Crippen LogP contribution in [-0.4, -0.2) is 50.5 Å². The Morgan fingerprint density at radius 1 is 1.30 bits per heavy atom. The average molecular weight is 332 g/mol. The summed E-state index contributed by atoms with van der Waals surface area (Å²) in [5.74, 6) is 1.02. The SMILES string of the molecule is Cc1nsc(C(=N)N2CCN(Cc3ccc(F)cc3)CC2=N)n1. The van der Waals surface area contributed by atoms with Crippen molar-refractivity contribution in [1.82, 2.24) is 19.2 Å². The van der Waals surface area contributed by atoms with E-state index in [0.29, 0.717) is 36.3 Å². The number of benzene rings is 1. The lowest BCUT2D eigenvalue weighted by Gasteiger charge is -2.35. The summed E-state index contributed by atoms with van der Waals surface area (Å²) in [6.45, 7) is 4.22. The minimum Gasteiger partial charge on any atom is -0.311 e. The van der Waals surface area contributed by atoms with Crippen LogP contribution in [0.5, 0.6) is 0 Å². The first kappa shape index (κ1) is 15.7. The molecule has 1 aromatic heterocycles. The van der Waals surface area contributed by atoms with E-state index in [0.717, 1.165) is 12.1 Å². The molecule has 23 heavy (non-hydrogen) atoms. The summed E-state index contributed by atoms with van der Waals surface area (Å²) in [4.78, 5) is 7.99. The highest BCUT2D eigenvalue weighted by Gasteiger charge is 2.26. The lowest BCUT2D eigenvalue weighted by molar-refractivity contribution is 0.254. The van der Waals surface area contributed by atoms with Gasteiger partial charge in [0, 0.05) is 19.6 Å². The largest absolute Gasteiger partial charge is 0.311 e. The van der Waals surface area contributed by atoms with Crippen molar-refractivity contribution in [2.24, 2.45) is 0 Å². The number of hydrogen-bond acceptors (Lipinski definition) is 6. The Bertz CT molecular complexity index is 726. The van der Waals surface area contributed by atoms with Gasteiger partial charge in [-0.25, -0.2) is 9.37 Å². The van der Waals surface area contributed by atoms with Crippen molar-refractivity contribution in [2.45, 2.75) is 13.5 Å². The standard InChI is InChI=1S/C15H17FN6S/c1-10-19-15(23-20-10)14(18)22-7-6-21(9-13(22)17)8-11-2-4-12(16)5-3-11/h2-5,17-18H,6-9H2,1H3. The molecule has 1 aliphatic rings. The normalized spacial score (nSPS) is 15.9. The number of aromatic nitrogens is 2. The average Bonchev–Trinajstić information content (AvgIpc) is 2.96. The second-order valence-electron chi connectivity index (χ2n) is 5.43. The Kier molecular flexibility index (Phi) is 4.44. The van der Waals surface area contributed by atoms with Crippen LogP contribution < -0.4 is 0 Å². The van der Waals surface area contributed by atoms with Crippen LogP contribution in [0.15, 0.2) is 24.3 Å². The molecule has 120 valence electrons. The quantitative estimate of drug-likeness (QED) is 0.666. The number of rotatable bonds is 3. The molecule has 0 saturated carbocycles. The van der Waals surface area contributed by atoms with Gasteiger partial charge in [-0.3, -0.25) is 15.7 Å². The van der Waals surface area contributed by atoms with Crippen molar-refractivity contribution in [3.8, 4) is 0 Å². The van der Waals surface area contributed by atoms with E-state index in [1.807, 2.05) is 0 Å². The molecule has 0 atom stereocenters. The first-order valence-electron chi connectivity index (χ1n) is 7.24. The third-order valence-electron chi connectivity index (χ3n) is 3.66. The molecule has 0 aliphatic carbocycles. The number of amidine groups is 2. The first-order chi connectivity index (χ1) is 11.0. The Morgan fingerprint density at radius 3 is 2.65 bits per heavy atom. The Balaban J connectivity index is 1.62. The Hall–Kier alpha value is -2.19. The maximum absolute atomic E-state index is 12.9. The molecule has 1 fully saturated rings. The monoisotopic (exact) mass is 332 g/mol. The topological polar surface area (TPSA) is 80.0 Å². The van der Waals surface area contributed by atoms with Crippen molar-refractivity contribution in [3.05, 3.63) is 46.5 Å². The van der Waals surface area contributed by atoms with Crippen molar-refractivity contribution >= 4 is 23.2 Å². The van der Waals surface area contributed by atoms with Crippen LogP contribution in [0.3, 0.4) is 0 Å². The van der Waals surface area contributed by atoms with Gasteiger partial charge < -0.3 is 4.90 Å². The molecule has 1 aliphatic heterocycles. The number of hydrogen-bond donors (Lipinski definition) is 2. The second kappa shape index (κ2) is 6.51. The summed E-state index contributed by atoms with van der Waals surface area (Å²) in [7, 11) is 0. The fourth-order valence-electron chi connectivity index (χ4n) is 2.49. The Labute approximate surface area is 137 Å². The van der Waals surface area contributed by atoms with Gasteiger partial charge in [0.25, 0.3) is 0 Å². The smallest absolute Gasteiger partial charge is 0.178 e. The molecule has 3 rings (SSSR count). The van der Waals surface area contributed by atoms with Crippen LogP contribution in [0.25, 0.3) is 0 Å². The molecule has 2 aromatic rings. The Morgan fingerprint density at radius 2 is 2.04 bits per heavy atom. The second-order valence-corrected chi connectivity index (χ2v) is 6.18. The first-order valence-corrected chi connectivity index (χ1v) is 8.01. The van der Waals surface area contributed by atoms with E-state index in [1.54, 1.807) is 24.0 Å². The summed E-state index contributed by atoms with van der Waals surface area (Å²) in [6.07, 6.45) is 0. The lowest BCUT2D eigenvalue weighted by Crippen LogP contribution is -2.51. The van der Waals surface area contributed by atoms with E-state index in [1.165, 1.54) is 23.7 Å². The van der Waals surface area contributed by atoms with E-state index < -0.39 is 0 Å². The van der Waals surface area contributed by atoms with Crippen LogP contribution >= 0.6 is 11.5 Å². The fourth-order valence-corrected chi connectivity index (χ4v) is 3.12. The highest BCUT2D eigenvalue weighted by atomic mass is 32.1.